The SMILES string of the molecule is Cc1cc(C)cc(N2CN=c3sc(=Cc4ccc(I)o4)c(=O)n3C2)c1. The predicted molar refractivity (Wildman–Crippen MR) is 108 cm³/mol. The predicted octanol–water partition coefficient (Wildman–Crippen LogP) is 2.61. The van der Waals surface area contributed by atoms with E-state index in [1.165, 1.54) is 22.5 Å². The molecule has 0 amide bonds. The highest BCUT2D eigenvalue weighted by Gasteiger charge is 2.16. The first-order valence-corrected chi connectivity index (χ1v) is 9.73. The third-order valence-electron chi connectivity index (χ3n) is 4.02. The summed E-state index contributed by atoms with van der Waals surface area (Å²) < 4.78 is 8.71. The van der Waals surface area contributed by atoms with E-state index in [0.717, 1.165) is 14.3 Å². The van der Waals surface area contributed by atoms with E-state index in [1.54, 1.807) is 10.6 Å². The van der Waals surface area contributed by atoms with E-state index >= 15 is 0 Å². The summed E-state index contributed by atoms with van der Waals surface area (Å²) in [6, 6.07) is 10.1. The van der Waals surface area contributed by atoms with Crippen LogP contribution < -0.4 is 19.8 Å². The van der Waals surface area contributed by atoms with Crippen molar-refractivity contribution < 1.29 is 4.42 Å². The molecule has 0 saturated heterocycles. The molecule has 0 atom stereocenters. The van der Waals surface area contributed by atoms with Gasteiger partial charge in [-0.05, 0) is 71.8 Å². The molecule has 0 spiro atoms. The molecular weight excluding hydrogens is 449 g/mol. The Kier molecular flexibility index (Phi) is 4.28. The normalized spacial score (nSPS) is 14.5. The van der Waals surface area contributed by atoms with Crippen LogP contribution in [0.2, 0.25) is 0 Å². The maximum atomic E-state index is 12.7. The molecule has 3 heterocycles. The van der Waals surface area contributed by atoms with Crippen LogP contribution in [0.4, 0.5) is 5.69 Å². The fourth-order valence-electron chi connectivity index (χ4n) is 2.94. The molecule has 1 aliphatic heterocycles. The number of hydrogen-bond donors (Lipinski definition) is 0. The number of furan rings is 1. The highest BCUT2D eigenvalue weighted by molar-refractivity contribution is 14.1. The number of thiazole rings is 1. The van der Waals surface area contributed by atoms with Crippen LogP contribution in [0.15, 0.2) is 44.5 Å². The van der Waals surface area contributed by atoms with Crippen molar-refractivity contribution in [3.8, 4) is 0 Å². The van der Waals surface area contributed by atoms with Gasteiger partial charge in [0.2, 0.25) is 0 Å². The third kappa shape index (κ3) is 3.30. The molecule has 7 heteroatoms. The molecule has 0 bridgehead atoms. The van der Waals surface area contributed by atoms with Crippen LogP contribution >= 0.6 is 33.9 Å². The highest BCUT2D eigenvalue weighted by Crippen LogP contribution is 2.19. The lowest BCUT2D eigenvalue weighted by atomic mass is 10.1. The summed E-state index contributed by atoms with van der Waals surface area (Å²) in [4.78, 5) is 20.2. The Morgan fingerprint density at radius 1 is 1.24 bits per heavy atom. The van der Waals surface area contributed by atoms with Crippen LogP contribution in [0, 0.1) is 17.6 Å². The maximum Gasteiger partial charge on any atom is 0.271 e. The van der Waals surface area contributed by atoms with E-state index in [1.807, 2.05) is 12.1 Å². The zero-order valence-corrected chi connectivity index (χ0v) is 16.8. The topological polar surface area (TPSA) is 50.7 Å². The summed E-state index contributed by atoms with van der Waals surface area (Å²) in [5.41, 5.74) is 3.49. The van der Waals surface area contributed by atoms with E-state index in [-0.39, 0.29) is 5.56 Å². The molecule has 5 nitrogen and oxygen atoms in total. The number of fused-ring (bicyclic) bond motifs is 1. The van der Waals surface area contributed by atoms with Crippen molar-refractivity contribution in [3.63, 3.8) is 0 Å². The van der Waals surface area contributed by atoms with Crippen LogP contribution in [-0.4, -0.2) is 11.2 Å². The van der Waals surface area contributed by atoms with Gasteiger partial charge in [0.05, 0.1) is 4.53 Å². The summed E-state index contributed by atoms with van der Waals surface area (Å²) in [5, 5.41) is 0. The number of aromatic nitrogens is 1. The smallest absolute Gasteiger partial charge is 0.271 e. The van der Waals surface area contributed by atoms with Gasteiger partial charge < -0.3 is 9.32 Å². The van der Waals surface area contributed by atoms with Crippen molar-refractivity contribution in [2.24, 2.45) is 4.99 Å². The quantitative estimate of drug-likeness (QED) is 0.547. The maximum absolute atomic E-state index is 12.7. The number of nitrogens with zero attached hydrogens (tertiary/aromatic N) is 3. The second-order valence-electron chi connectivity index (χ2n) is 6.09. The van der Waals surface area contributed by atoms with Crippen molar-refractivity contribution in [2.45, 2.75) is 20.5 Å². The first kappa shape index (κ1) is 16.6. The van der Waals surface area contributed by atoms with Crippen LogP contribution in [0.3, 0.4) is 0 Å². The molecule has 0 radical (unpaired) electrons. The molecule has 3 aromatic rings. The van der Waals surface area contributed by atoms with Crippen LogP contribution in [0.5, 0.6) is 0 Å². The largest absolute Gasteiger partial charge is 0.451 e. The fraction of sp³-hybridized carbons (Fsp3) is 0.222. The van der Waals surface area contributed by atoms with Crippen molar-refractivity contribution in [3.05, 3.63) is 70.7 Å². The zero-order chi connectivity index (χ0) is 17.6. The van der Waals surface area contributed by atoms with E-state index in [2.05, 4.69) is 64.5 Å². The second kappa shape index (κ2) is 6.45. The monoisotopic (exact) mass is 465 g/mol. The Hall–Kier alpha value is -1.87. The van der Waals surface area contributed by atoms with E-state index in [9.17, 15) is 4.79 Å². The number of aryl methyl sites for hydroxylation is 2. The Balaban J connectivity index is 1.73. The first-order chi connectivity index (χ1) is 12.0. The lowest BCUT2D eigenvalue weighted by Gasteiger charge is -2.26. The molecule has 0 unspecified atom stereocenters. The average Bonchev–Trinajstić information content (AvgIpc) is 3.10. The van der Waals surface area contributed by atoms with Gasteiger partial charge in [-0.3, -0.25) is 9.36 Å². The summed E-state index contributed by atoms with van der Waals surface area (Å²) >= 11 is 3.52. The third-order valence-corrected chi connectivity index (χ3v) is 5.64. The van der Waals surface area contributed by atoms with Crippen molar-refractivity contribution in [1.29, 1.82) is 0 Å². The summed E-state index contributed by atoms with van der Waals surface area (Å²) in [5.74, 6) is 0.687. The van der Waals surface area contributed by atoms with E-state index in [4.69, 9.17) is 4.42 Å². The molecule has 0 saturated carbocycles. The lowest BCUT2D eigenvalue weighted by molar-refractivity contribution is 0.528. The van der Waals surface area contributed by atoms with Crippen LogP contribution in [0.25, 0.3) is 6.08 Å². The minimum absolute atomic E-state index is 0.0239. The Morgan fingerprint density at radius 3 is 2.68 bits per heavy atom. The van der Waals surface area contributed by atoms with Gasteiger partial charge in [-0.2, -0.15) is 0 Å². The average molecular weight is 465 g/mol. The summed E-state index contributed by atoms with van der Waals surface area (Å²) in [7, 11) is 0. The van der Waals surface area contributed by atoms with Crippen LogP contribution in [0.1, 0.15) is 16.9 Å². The molecule has 0 N–H and O–H groups in total. The molecule has 0 aliphatic carbocycles. The van der Waals surface area contributed by atoms with Crippen molar-refractivity contribution in [1.82, 2.24) is 4.57 Å². The van der Waals surface area contributed by atoms with Gasteiger partial charge in [-0.25, -0.2) is 4.99 Å². The van der Waals surface area contributed by atoms with Gasteiger partial charge in [0, 0.05) is 11.8 Å². The van der Waals surface area contributed by atoms with Gasteiger partial charge in [0.15, 0.2) is 8.57 Å². The Labute approximate surface area is 162 Å². The second-order valence-corrected chi connectivity index (χ2v) is 8.17. The van der Waals surface area contributed by atoms with Gasteiger partial charge >= 0.3 is 0 Å². The van der Waals surface area contributed by atoms with Crippen molar-refractivity contribution in [2.75, 3.05) is 11.6 Å². The minimum atomic E-state index is -0.0239. The molecule has 1 aromatic carbocycles. The lowest BCUT2D eigenvalue weighted by Crippen LogP contribution is -2.42. The van der Waals surface area contributed by atoms with E-state index in [0.29, 0.717) is 23.6 Å². The Morgan fingerprint density at radius 2 is 2.00 bits per heavy atom. The number of rotatable bonds is 2. The first-order valence-electron chi connectivity index (χ1n) is 7.84. The summed E-state index contributed by atoms with van der Waals surface area (Å²) in [6.07, 6.45) is 1.79. The molecule has 25 heavy (non-hydrogen) atoms. The van der Waals surface area contributed by atoms with Gasteiger partial charge in [0.1, 0.15) is 19.1 Å². The zero-order valence-electron chi connectivity index (χ0n) is 13.8. The van der Waals surface area contributed by atoms with Gasteiger partial charge in [-0.1, -0.05) is 17.4 Å². The van der Waals surface area contributed by atoms with Gasteiger partial charge in [-0.15, -0.1) is 0 Å². The van der Waals surface area contributed by atoms with Crippen LogP contribution in [-0.2, 0) is 6.67 Å². The number of hydrogen-bond acceptors (Lipinski definition) is 5. The molecule has 0 fully saturated rings. The standard InChI is InChI=1S/C18H16IN3O2S/c1-11-5-12(2)7-13(6-11)21-9-20-18-22(10-21)17(23)15(25-18)8-14-3-4-16(19)24-14/h3-8H,9-10H2,1-2H3. The fourth-order valence-corrected chi connectivity index (χ4v) is 4.32. The highest BCUT2D eigenvalue weighted by atomic mass is 127. The number of benzene rings is 1. The molecule has 1 aliphatic rings. The summed E-state index contributed by atoms with van der Waals surface area (Å²) in [6.45, 7) is 5.23. The van der Waals surface area contributed by atoms with Crippen molar-refractivity contribution >= 4 is 45.7 Å². The van der Waals surface area contributed by atoms with E-state index < -0.39 is 0 Å². The molecule has 128 valence electrons. The van der Waals surface area contributed by atoms with Gasteiger partial charge in [0.25, 0.3) is 5.56 Å². The Bertz CT molecular complexity index is 1110. The minimum Gasteiger partial charge on any atom is -0.451 e. The number of anilines is 1. The molecule has 2 aromatic heterocycles. The number of halogens is 1. The molecule has 4 rings (SSSR count). The molecular formula is C18H16IN3O2S.